The SMILES string of the molecule is Cc1ccc(NC(=O)N2CCC(=Cc3cccc(OCC4CC=CCC4)c3)CC2)cn1. The first-order chi connectivity index (χ1) is 15.2. The largest absolute Gasteiger partial charge is 0.493 e. The number of pyridine rings is 1. The molecule has 2 amide bonds. The maximum atomic E-state index is 12.5. The van der Waals surface area contributed by atoms with Gasteiger partial charge >= 0.3 is 6.03 Å². The monoisotopic (exact) mass is 417 g/mol. The number of amides is 2. The van der Waals surface area contributed by atoms with E-state index in [1.165, 1.54) is 17.6 Å². The van der Waals surface area contributed by atoms with E-state index in [2.05, 4.69) is 46.7 Å². The van der Waals surface area contributed by atoms with Gasteiger partial charge in [-0.2, -0.15) is 0 Å². The van der Waals surface area contributed by atoms with Crippen LogP contribution < -0.4 is 10.1 Å². The highest BCUT2D eigenvalue weighted by Crippen LogP contribution is 2.24. The Morgan fingerprint density at radius 3 is 2.84 bits per heavy atom. The molecule has 31 heavy (non-hydrogen) atoms. The summed E-state index contributed by atoms with van der Waals surface area (Å²) in [5.74, 6) is 1.56. The van der Waals surface area contributed by atoms with Crippen molar-refractivity contribution in [2.75, 3.05) is 25.0 Å². The number of hydrogen-bond acceptors (Lipinski definition) is 3. The molecule has 1 saturated heterocycles. The van der Waals surface area contributed by atoms with Crippen LogP contribution >= 0.6 is 0 Å². The molecule has 2 aliphatic rings. The van der Waals surface area contributed by atoms with Gasteiger partial charge in [0.05, 0.1) is 18.5 Å². The first-order valence-electron chi connectivity index (χ1n) is 11.2. The zero-order valence-corrected chi connectivity index (χ0v) is 18.2. The molecule has 1 atom stereocenters. The van der Waals surface area contributed by atoms with Crippen LogP contribution in [0.15, 0.2) is 60.3 Å². The van der Waals surface area contributed by atoms with E-state index in [4.69, 9.17) is 4.74 Å². The molecule has 1 N–H and O–H groups in total. The van der Waals surface area contributed by atoms with Crippen molar-refractivity contribution >= 4 is 17.8 Å². The molecule has 5 heteroatoms. The van der Waals surface area contributed by atoms with Crippen LogP contribution in [0.4, 0.5) is 10.5 Å². The summed E-state index contributed by atoms with van der Waals surface area (Å²) >= 11 is 0. The zero-order valence-electron chi connectivity index (χ0n) is 18.2. The normalized spacial score (nSPS) is 18.5. The van der Waals surface area contributed by atoms with E-state index in [-0.39, 0.29) is 6.03 Å². The molecule has 162 valence electrons. The number of likely N-dealkylation sites (tertiary alicyclic amines) is 1. The van der Waals surface area contributed by atoms with Gasteiger partial charge in [-0.3, -0.25) is 4.98 Å². The highest BCUT2D eigenvalue weighted by molar-refractivity contribution is 5.89. The Kier molecular flexibility index (Phi) is 7.03. The van der Waals surface area contributed by atoms with Crippen molar-refractivity contribution in [3.8, 4) is 5.75 Å². The number of carbonyl (C=O) groups excluding carboxylic acids is 1. The summed E-state index contributed by atoms with van der Waals surface area (Å²) in [7, 11) is 0. The number of aryl methyl sites for hydroxylation is 1. The second-order valence-corrected chi connectivity index (χ2v) is 8.44. The number of ether oxygens (including phenoxy) is 1. The van der Waals surface area contributed by atoms with Gasteiger partial charge in [0.25, 0.3) is 0 Å². The van der Waals surface area contributed by atoms with Crippen molar-refractivity contribution in [2.24, 2.45) is 5.92 Å². The Balaban J connectivity index is 1.28. The minimum atomic E-state index is -0.0577. The van der Waals surface area contributed by atoms with Gasteiger partial charge < -0.3 is 15.0 Å². The van der Waals surface area contributed by atoms with E-state index in [1.54, 1.807) is 6.20 Å². The van der Waals surface area contributed by atoms with Crippen molar-refractivity contribution in [3.63, 3.8) is 0 Å². The van der Waals surface area contributed by atoms with Crippen molar-refractivity contribution in [1.82, 2.24) is 9.88 Å². The van der Waals surface area contributed by atoms with E-state index in [1.807, 2.05) is 30.0 Å². The number of allylic oxidation sites excluding steroid dienone is 2. The van der Waals surface area contributed by atoms with Gasteiger partial charge in [0.1, 0.15) is 5.75 Å². The number of nitrogens with one attached hydrogen (secondary N) is 1. The molecule has 1 unspecified atom stereocenters. The Hall–Kier alpha value is -3.08. The molecule has 2 aromatic rings. The molecule has 0 bridgehead atoms. The number of benzene rings is 1. The maximum Gasteiger partial charge on any atom is 0.321 e. The smallest absolute Gasteiger partial charge is 0.321 e. The number of carbonyl (C=O) groups is 1. The van der Waals surface area contributed by atoms with Gasteiger partial charge in [0.15, 0.2) is 0 Å². The Bertz CT molecular complexity index is 939. The van der Waals surface area contributed by atoms with Crippen molar-refractivity contribution in [1.29, 1.82) is 0 Å². The summed E-state index contributed by atoms with van der Waals surface area (Å²) in [5.41, 5.74) is 4.21. The summed E-state index contributed by atoms with van der Waals surface area (Å²) in [6.07, 6.45) is 13.7. The number of rotatable bonds is 5. The molecular weight excluding hydrogens is 386 g/mol. The van der Waals surface area contributed by atoms with E-state index in [9.17, 15) is 4.79 Å². The average molecular weight is 418 g/mol. The van der Waals surface area contributed by atoms with E-state index >= 15 is 0 Å². The molecule has 1 aliphatic carbocycles. The van der Waals surface area contributed by atoms with Crippen LogP contribution in [0.5, 0.6) is 5.75 Å². The van der Waals surface area contributed by atoms with Crippen molar-refractivity contribution in [2.45, 2.75) is 39.0 Å². The fourth-order valence-electron chi connectivity index (χ4n) is 4.04. The molecule has 0 saturated carbocycles. The molecule has 0 spiro atoms. The summed E-state index contributed by atoms with van der Waals surface area (Å²) in [5, 5.41) is 2.94. The van der Waals surface area contributed by atoms with Gasteiger partial charge in [-0.05, 0) is 74.8 Å². The van der Waals surface area contributed by atoms with Gasteiger partial charge in [-0.25, -0.2) is 4.79 Å². The first-order valence-corrected chi connectivity index (χ1v) is 11.2. The topological polar surface area (TPSA) is 54.5 Å². The zero-order chi connectivity index (χ0) is 21.5. The molecule has 1 aromatic heterocycles. The summed E-state index contributed by atoms with van der Waals surface area (Å²) in [6.45, 7) is 4.16. The molecule has 5 nitrogen and oxygen atoms in total. The van der Waals surface area contributed by atoms with Crippen molar-refractivity contribution < 1.29 is 9.53 Å². The van der Waals surface area contributed by atoms with Crippen LogP contribution in [-0.2, 0) is 0 Å². The highest BCUT2D eigenvalue weighted by Gasteiger charge is 2.19. The molecule has 1 aromatic carbocycles. The lowest BCUT2D eigenvalue weighted by Crippen LogP contribution is -2.39. The number of urea groups is 1. The van der Waals surface area contributed by atoms with Crippen LogP contribution in [0.2, 0.25) is 0 Å². The molecular formula is C26H31N3O2. The minimum absolute atomic E-state index is 0.0577. The number of nitrogens with zero attached hydrogens (tertiary/aromatic N) is 2. The number of hydrogen-bond donors (Lipinski definition) is 1. The lowest BCUT2D eigenvalue weighted by molar-refractivity contribution is 0.208. The van der Waals surface area contributed by atoms with Crippen LogP contribution in [0.3, 0.4) is 0 Å². The molecule has 0 radical (unpaired) electrons. The summed E-state index contributed by atoms with van der Waals surface area (Å²) in [4.78, 5) is 18.6. The van der Waals surface area contributed by atoms with Gasteiger partial charge in [-0.15, -0.1) is 0 Å². The maximum absolute atomic E-state index is 12.5. The Labute approximate surface area is 184 Å². The Morgan fingerprint density at radius 1 is 1.23 bits per heavy atom. The molecule has 2 heterocycles. The number of piperidine rings is 1. The van der Waals surface area contributed by atoms with Gasteiger partial charge in [0, 0.05) is 18.8 Å². The predicted octanol–water partition coefficient (Wildman–Crippen LogP) is 5.84. The Morgan fingerprint density at radius 2 is 2.10 bits per heavy atom. The lowest BCUT2D eigenvalue weighted by atomic mass is 9.95. The quantitative estimate of drug-likeness (QED) is 0.622. The number of aromatic nitrogens is 1. The third-order valence-electron chi connectivity index (χ3n) is 5.95. The van der Waals surface area contributed by atoms with Crippen LogP contribution in [0.25, 0.3) is 6.08 Å². The third-order valence-corrected chi connectivity index (χ3v) is 5.95. The lowest BCUT2D eigenvalue weighted by Gasteiger charge is -2.28. The fourth-order valence-corrected chi connectivity index (χ4v) is 4.04. The van der Waals surface area contributed by atoms with E-state index in [0.717, 1.165) is 62.5 Å². The van der Waals surface area contributed by atoms with Gasteiger partial charge in [0.2, 0.25) is 0 Å². The molecule has 1 fully saturated rings. The summed E-state index contributed by atoms with van der Waals surface area (Å²) in [6, 6.07) is 12.1. The first kappa shape index (κ1) is 21.2. The van der Waals surface area contributed by atoms with E-state index in [0.29, 0.717) is 5.92 Å². The second kappa shape index (κ2) is 10.3. The van der Waals surface area contributed by atoms with Gasteiger partial charge in [-0.1, -0.05) is 35.9 Å². The standard InChI is InChI=1S/C26H31N3O2/c1-20-10-11-24(18-27-20)28-26(30)29-14-12-21(13-15-29)16-23-8-5-9-25(17-23)31-19-22-6-3-2-4-7-22/h2-3,5,8-11,16-18,22H,4,6-7,12-15,19H2,1H3,(H,28,30). The second-order valence-electron chi connectivity index (χ2n) is 8.44. The average Bonchev–Trinajstić information content (AvgIpc) is 2.81. The molecule has 1 aliphatic heterocycles. The minimum Gasteiger partial charge on any atom is -0.493 e. The number of anilines is 1. The third kappa shape index (κ3) is 6.20. The van der Waals surface area contributed by atoms with Crippen LogP contribution in [-0.4, -0.2) is 35.6 Å². The van der Waals surface area contributed by atoms with Crippen LogP contribution in [0, 0.1) is 12.8 Å². The molecule has 4 rings (SSSR count). The van der Waals surface area contributed by atoms with E-state index < -0.39 is 0 Å². The van der Waals surface area contributed by atoms with Crippen LogP contribution in [0.1, 0.15) is 43.4 Å². The fraction of sp³-hybridized carbons (Fsp3) is 0.385. The van der Waals surface area contributed by atoms with Crippen molar-refractivity contribution in [3.05, 3.63) is 71.6 Å². The highest BCUT2D eigenvalue weighted by atomic mass is 16.5. The summed E-state index contributed by atoms with van der Waals surface area (Å²) < 4.78 is 6.06. The predicted molar refractivity (Wildman–Crippen MR) is 125 cm³/mol.